The van der Waals surface area contributed by atoms with Crippen LogP contribution >= 0.6 is 0 Å². The number of rotatable bonds is 1. The van der Waals surface area contributed by atoms with Crippen LogP contribution < -0.4 is 0 Å². The summed E-state index contributed by atoms with van der Waals surface area (Å²) >= 11 is 0. The molecule has 2 N–H and O–H groups in total. The van der Waals surface area contributed by atoms with E-state index in [1.165, 1.54) is 0 Å². The van der Waals surface area contributed by atoms with Crippen molar-refractivity contribution in [3.8, 4) is 17.1 Å². The second-order valence-corrected chi connectivity index (χ2v) is 4.56. The Morgan fingerprint density at radius 2 is 1.72 bits per heavy atom. The second-order valence-electron chi connectivity index (χ2n) is 4.56. The van der Waals surface area contributed by atoms with E-state index in [0.29, 0.717) is 5.75 Å². The highest BCUT2D eigenvalue weighted by atomic mass is 16.3. The van der Waals surface area contributed by atoms with Crippen molar-refractivity contribution in [3.05, 3.63) is 47.5 Å². The lowest BCUT2D eigenvalue weighted by molar-refractivity contribution is 0.474. The number of aromatic hydroxyl groups is 1. The molecule has 1 aromatic heterocycles. The molecule has 0 bridgehead atoms. The maximum atomic E-state index is 9.57. The molecule has 1 heterocycles. The SMILES string of the molecule is Cc1cc(O)cc(C)c1-c1nc2ccccc2[nH]1. The maximum Gasteiger partial charge on any atom is 0.139 e. The molecule has 0 aliphatic heterocycles. The number of hydrogen-bond acceptors (Lipinski definition) is 2. The molecule has 0 saturated heterocycles. The van der Waals surface area contributed by atoms with Crippen molar-refractivity contribution in [1.29, 1.82) is 0 Å². The summed E-state index contributed by atoms with van der Waals surface area (Å²) in [5.41, 5.74) is 5.08. The third kappa shape index (κ3) is 1.64. The van der Waals surface area contributed by atoms with Gasteiger partial charge in [-0.05, 0) is 49.2 Å². The molecule has 18 heavy (non-hydrogen) atoms. The Balaban J connectivity index is 2.26. The number of benzene rings is 2. The highest BCUT2D eigenvalue weighted by Gasteiger charge is 2.11. The van der Waals surface area contributed by atoms with Gasteiger partial charge >= 0.3 is 0 Å². The van der Waals surface area contributed by atoms with E-state index in [9.17, 15) is 5.11 Å². The number of aromatic amines is 1. The molecule has 2 aromatic carbocycles. The molecule has 3 nitrogen and oxygen atoms in total. The average molecular weight is 238 g/mol. The number of phenols is 1. The number of H-pyrrole nitrogens is 1. The summed E-state index contributed by atoms with van der Waals surface area (Å²) in [6, 6.07) is 11.5. The summed E-state index contributed by atoms with van der Waals surface area (Å²) in [6.45, 7) is 3.96. The van der Waals surface area contributed by atoms with Crippen LogP contribution in [0.4, 0.5) is 0 Å². The Bertz CT molecular complexity index is 672. The number of fused-ring (bicyclic) bond motifs is 1. The lowest BCUT2D eigenvalue weighted by atomic mass is 10.0. The molecule has 0 atom stereocenters. The van der Waals surface area contributed by atoms with Crippen molar-refractivity contribution in [2.24, 2.45) is 0 Å². The fourth-order valence-electron chi connectivity index (χ4n) is 2.39. The van der Waals surface area contributed by atoms with Gasteiger partial charge in [0.2, 0.25) is 0 Å². The molecule has 3 heteroatoms. The van der Waals surface area contributed by atoms with Gasteiger partial charge in [0.25, 0.3) is 0 Å². The first-order valence-electron chi connectivity index (χ1n) is 5.90. The van der Waals surface area contributed by atoms with E-state index in [0.717, 1.165) is 33.5 Å². The van der Waals surface area contributed by atoms with Gasteiger partial charge in [-0.2, -0.15) is 0 Å². The van der Waals surface area contributed by atoms with Crippen molar-refractivity contribution in [1.82, 2.24) is 9.97 Å². The first-order chi connectivity index (χ1) is 8.65. The monoisotopic (exact) mass is 238 g/mol. The summed E-state index contributed by atoms with van der Waals surface area (Å²) in [5.74, 6) is 1.15. The van der Waals surface area contributed by atoms with Gasteiger partial charge in [-0.25, -0.2) is 4.98 Å². The molecule has 90 valence electrons. The van der Waals surface area contributed by atoms with E-state index in [1.807, 2.05) is 38.1 Å². The minimum Gasteiger partial charge on any atom is -0.508 e. The predicted octanol–water partition coefficient (Wildman–Crippen LogP) is 3.55. The van der Waals surface area contributed by atoms with Crippen molar-refractivity contribution in [3.63, 3.8) is 0 Å². The highest BCUT2D eigenvalue weighted by molar-refractivity contribution is 5.80. The van der Waals surface area contributed by atoms with Crippen LogP contribution in [0.3, 0.4) is 0 Å². The molecule has 3 aromatic rings. The lowest BCUT2D eigenvalue weighted by Gasteiger charge is -2.07. The summed E-state index contributed by atoms with van der Waals surface area (Å²) < 4.78 is 0. The minimum absolute atomic E-state index is 0.296. The summed E-state index contributed by atoms with van der Waals surface area (Å²) in [7, 11) is 0. The fourth-order valence-corrected chi connectivity index (χ4v) is 2.39. The van der Waals surface area contributed by atoms with Crippen molar-refractivity contribution >= 4 is 11.0 Å². The molecule has 0 fully saturated rings. The molecule has 0 aliphatic rings. The third-order valence-corrected chi connectivity index (χ3v) is 3.14. The fraction of sp³-hybridized carbons (Fsp3) is 0.133. The number of imidazole rings is 1. The topological polar surface area (TPSA) is 48.9 Å². The largest absolute Gasteiger partial charge is 0.508 e. The number of hydrogen-bond donors (Lipinski definition) is 2. The van der Waals surface area contributed by atoms with Gasteiger partial charge in [0, 0.05) is 5.56 Å². The normalized spacial score (nSPS) is 11.0. The van der Waals surface area contributed by atoms with Crippen LogP contribution in [0.1, 0.15) is 11.1 Å². The average Bonchev–Trinajstić information content (AvgIpc) is 2.70. The van der Waals surface area contributed by atoms with Crippen LogP contribution in [0, 0.1) is 13.8 Å². The summed E-state index contributed by atoms with van der Waals surface area (Å²) in [4.78, 5) is 7.92. The Kier molecular flexibility index (Phi) is 2.33. The second kappa shape index (κ2) is 3.88. The molecule has 0 aliphatic carbocycles. The van der Waals surface area contributed by atoms with E-state index in [-0.39, 0.29) is 0 Å². The quantitative estimate of drug-likeness (QED) is 0.681. The van der Waals surface area contributed by atoms with Crippen LogP contribution in [-0.4, -0.2) is 15.1 Å². The number of aromatic nitrogens is 2. The van der Waals surface area contributed by atoms with Crippen LogP contribution in [-0.2, 0) is 0 Å². The van der Waals surface area contributed by atoms with Crippen LogP contribution in [0.2, 0.25) is 0 Å². The van der Waals surface area contributed by atoms with Crippen LogP contribution in [0.5, 0.6) is 5.75 Å². The van der Waals surface area contributed by atoms with Gasteiger partial charge in [-0.3, -0.25) is 0 Å². The van der Waals surface area contributed by atoms with Gasteiger partial charge < -0.3 is 10.1 Å². The standard InChI is InChI=1S/C15H14N2O/c1-9-7-11(18)8-10(2)14(9)15-16-12-5-3-4-6-13(12)17-15/h3-8,18H,1-2H3,(H,16,17). The predicted molar refractivity (Wildman–Crippen MR) is 72.7 cm³/mol. The highest BCUT2D eigenvalue weighted by Crippen LogP contribution is 2.29. The molecule has 3 rings (SSSR count). The van der Waals surface area contributed by atoms with Gasteiger partial charge in [-0.1, -0.05) is 12.1 Å². The van der Waals surface area contributed by atoms with E-state index < -0.39 is 0 Å². The molecule has 0 radical (unpaired) electrons. The lowest BCUT2D eigenvalue weighted by Crippen LogP contribution is -1.89. The number of para-hydroxylation sites is 2. The van der Waals surface area contributed by atoms with Gasteiger partial charge in [0.05, 0.1) is 11.0 Å². The smallest absolute Gasteiger partial charge is 0.139 e. The maximum absolute atomic E-state index is 9.57. The van der Waals surface area contributed by atoms with Crippen LogP contribution in [0.25, 0.3) is 22.4 Å². The molecule has 0 saturated carbocycles. The Labute approximate surface area is 105 Å². The Morgan fingerprint density at radius 3 is 2.39 bits per heavy atom. The number of nitrogens with zero attached hydrogens (tertiary/aromatic N) is 1. The first kappa shape index (κ1) is 10.8. The van der Waals surface area contributed by atoms with E-state index in [4.69, 9.17) is 0 Å². The zero-order valence-electron chi connectivity index (χ0n) is 10.4. The zero-order valence-corrected chi connectivity index (χ0v) is 10.4. The number of aryl methyl sites for hydroxylation is 2. The Morgan fingerprint density at radius 1 is 1.06 bits per heavy atom. The number of nitrogens with one attached hydrogen (secondary N) is 1. The van der Waals surface area contributed by atoms with Crippen molar-refractivity contribution < 1.29 is 5.11 Å². The van der Waals surface area contributed by atoms with Gasteiger partial charge in [0.1, 0.15) is 11.6 Å². The summed E-state index contributed by atoms with van der Waals surface area (Å²) in [5, 5.41) is 9.57. The Hall–Kier alpha value is -2.29. The zero-order chi connectivity index (χ0) is 12.7. The third-order valence-electron chi connectivity index (χ3n) is 3.14. The molecule has 0 spiro atoms. The first-order valence-corrected chi connectivity index (χ1v) is 5.90. The molecular formula is C15H14N2O. The van der Waals surface area contributed by atoms with E-state index in [1.54, 1.807) is 12.1 Å². The minimum atomic E-state index is 0.296. The van der Waals surface area contributed by atoms with E-state index in [2.05, 4.69) is 9.97 Å². The molecular weight excluding hydrogens is 224 g/mol. The van der Waals surface area contributed by atoms with E-state index >= 15 is 0 Å². The van der Waals surface area contributed by atoms with Gasteiger partial charge in [0.15, 0.2) is 0 Å². The van der Waals surface area contributed by atoms with Gasteiger partial charge in [-0.15, -0.1) is 0 Å². The number of phenolic OH excluding ortho intramolecular Hbond substituents is 1. The summed E-state index contributed by atoms with van der Waals surface area (Å²) in [6.07, 6.45) is 0. The van der Waals surface area contributed by atoms with Crippen molar-refractivity contribution in [2.75, 3.05) is 0 Å². The molecule has 0 amide bonds. The molecule has 0 unspecified atom stereocenters. The van der Waals surface area contributed by atoms with Crippen molar-refractivity contribution in [2.45, 2.75) is 13.8 Å². The van der Waals surface area contributed by atoms with Crippen LogP contribution in [0.15, 0.2) is 36.4 Å².